The minimum absolute atomic E-state index is 0.0358. The van der Waals surface area contributed by atoms with E-state index in [2.05, 4.69) is 9.97 Å². The monoisotopic (exact) mass is 243 g/mol. The number of hydrogen-bond acceptors (Lipinski definition) is 6. The molecule has 0 aromatic carbocycles. The molecule has 2 aromatic rings. The van der Waals surface area contributed by atoms with E-state index in [1.165, 1.54) is 17.4 Å². The van der Waals surface area contributed by atoms with Crippen LogP contribution in [0.15, 0.2) is 11.0 Å². The molecule has 7 heteroatoms. The van der Waals surface area contributed by atoms with Gasteiger partial charge in [-0.1, -0.05) is 11.3 Å². The van der Waals surface area contributed by atoms with Crippen molar-refractivity contribution < 1.29 is 8.42 Å². The van der Waals surface area contributed by atoms with Gasteiger partial charge in [-0.15, -0.1) is 0 Å². The van der Waals surface area contributed by atoms with Crippen LogP contribution in [-0.2, 0) is 9.84 Å². The molecule has 2 N–H and O–H groups in total. The highest BCUT2D eigenvalue weighted by Crippen LogP contribution is 2.25. The minimum Gasteiger partial charge on any atom is -0.383 e. The Kier molecular flexibility index (Phi) is 2.16. The molecule has 80 valence electrons. The number of nitrogens with two attached hydrogens (primary N) is 1. The highest BCUT2D eigenvalue weighted by atomic mass is 32.2. The van der Waals surface area contributed by atoms with Crippen molar-refractivity contribution in [3.63, 3.8) is 0 Å². The second-order valence-electron chi connectivity index (χ2n) is 3.20. The fourth-order valence-corrected chi connectivity index (χ4v) is 2.79. The summed E-state index contributed by atoms with van der Waals surface area (Å²) in [5, 5.41) is 0.836. The average molecular weight is 243 g/mol. The summed E-state index contributed by atoms with van der Waals surface area (Å²) < 4.78 is 22.7. The summed E-state index contributed by atoms with van der Waals surface area (Å²) in [6.45, 7) is 1.84. The molecule has 0 bridgehead atoms. The first-order valence-corrected chi connectivity index (χ1v) is 6.82. The smallest absolute Gasteiger partial charge is 0.179 e. The number of nitrogens with zero attached hydrogens (tertiary/aromatic N) is 2. The summed E-state index contributed by atoms with van der Waals surface area (Å²) in [6.07, 6.45) is 1.10. The lowest BCUT2D eigenvalue weighted by molar-refractivity contribution is 0.602. The van der Waals surface area contributed by atoms with E-state index in [-0.39, 0.29) is 10.7 Å². The van der Waals surface area contributed by atoms with Crippen molar-refractivity contribution in [2.24, 2.45) is 0 Å². The Morgan fingerprint density at radius 2 is 2.07 bits per heavy atom. The summed E-state index contributed by atoms with van der Waals surface area (Å²) in [5.41, 5.74) is 6.15. The van der Waals surface area contributed by atoms with E-state index >= 15 is 0 Å². The number of pyridine rings is 1. The zero-order valence-electron chi connectivity index (χ0n) is 8.18. The van der Waals surface area contributed by atoms with Crippen molar-refractivity contribution in [3.05, 3.63) is 11.1 Å². The highest BCUT2D eigenvalue weighted by Gasteiger charge is 2.15. The van der Waals surface area contributed by atoms with Gasteiger partial charge < -0.3 is 5.73 Å². The lowest BCUT2D eigenvalue weighted by atomic mass is 10.4. The van der Waals surface area contributed by atoms with Gasteiger partial charge in [-0.3, -0.25) is 0 Å². The Morgan fingerprint density at radius 3 is 2.67 bits per heavy atom. The van der Waals surface area contributed by atoms with Crippen molar-refractivity contribution >= 4 is 37.3 Å². The normalized spacial score (nSPS) is 12.1. The summed E-state index contributed by atoms with van der Waals surface area (Å²) >= 11 is 1.39. The van der Waals surface area contributed by atoms with Gasteiger partial charge in [0.05, 0.1) is 5.01 Å². The molecule has 0 unspecified atom stereocenters. The van der Waals surface area contributed by atoms with Crippen LogP contribution < -0.4 is 5.73 Å². The van der Waals surface area contributed by atoms with E-state index in [0.29, 0.717) is 10.3 Å². The van der Waals surface area contributed by atoms with Gasteiger partial charge >= 0.3 is 0 Å². The van der Waals surface area contributed by atoms with Crippen molar-refractivity contribution in [2.45, 2.75) is 11.8 Å². The van der Waals surface area contributed by atoms with E-state index < -0.39 is 9.84 Å². The van der Waals surface area contributed by atoms with E-state index in [1.54, 1.807) is 0 Å². The molecule has 5 nitrogen and oxygen atoms in total. The third-order valence-corrected chi connectivity index (χ3v) is 3.89. The maximum absolute atomic E-state index is 11.4. The second kappa shape index (κ2) is 3.14. The zero-order valence-corrected chi connectivity index (χ0v) is 9.82. The molecule has 0 saturated heterocycles. The first-order chi connectivity index (χ1) is 6.88. The van der Waals surface area contributed by atoms with E-state index in [4.69, 9.17) is 5.73 Å². The van der Waals surface area contributed by atoms with Gasteiger partial charge in [0.25, 0.3) is 0 Å². The largest absolute Gasteiger partial charge is 0.383 e. The highest BCUT2D eigenvalue weighted by molar-refractivity contribution is 7.90. The number of nitrogen functional groups attached to an aromatic ring is 1. The lowest BCUT2D eigenvalue weighted by Crippen LogP contribution is -2.04. The second-order valence-corrected chi connectivity index (χ2v) is 6.37. The zero-order chi connectivity index (χ0) is 11.2. The molecule has 2 heterocycles. The summed E-state index contributed by atoms with van der Waals surface area (Å²) in [5.74, 6) is 0.0358. The number of aryl methyl sites for hydroxylation is 1. The van der Waals surface area contributed by atoms with Crippen LogP contribution >= 0.6 is 11.3 Å². The molecule has 0 radical (unpaired) electrons. The van der Waals surface area contributed by atoms with Crippen LogP contribution in [0, 0.1) is 6.92 Å². The number of anilines is 1. The van der Waals surface area contributed by atoms with Gasteiger partial charge in [-0.2, -0.15) is 0 Å². The van der Waals surface area contributed by atoms with E-state index in [0.717, 1.165) is 11.3 Å². The Hall–Kier alpha value is -1.21. The van der Waals surface area contributed by atoms with Crippen LogP contribution in [0.1, 0.15) is 5.01 Å². The van der Waals surface area contributed by atoms with Crippen molar-refractivity contribution in [2.75, 3.05) is 12.0 Å². The number of rotatable bonds is 1. The number of hydrogen-bond donors (Lipinski definition) is 1. The number of thiazole rings is 1. The SMILES string of the molecule is Cc1nc2cc(S(C)(=O)=O)c(N)nc2s1. The number of fused-ring (bicyclic) bond motifs is 1. The average Bonchev–Trinajstić information content (AvgIpc) is 2.40. The van der Waals surface area contributed by atoms with Crippen LogP contribution in [0.2, 0.25) is 0 Å². The fraction of sp³-hybridized carbons (Fsp3) is 0.250. The van der Waals surface area contributed by atoms with Crippen molar-refractivity contribution in [3.8, 4) is 0 Å². The standard InChI is InChI=1S/C8H9N3O2S2/c1-4-10-5-3-6(15(2,12)13)7(9)11-8(5)14-4/h3H,1-2H3,(H2,9,11). The first-order valence-electron chi connectivity index (χ1n) is 4.11. The van der Waals surface area contributed by atoms with Crippen molar-refractivity contribution in [1.82, 2.24) is 9.97 Å². The molecule has 0 amide bonds. The topological polar surface area (TPSA) is 85.9 Å². The molecule has 0 saturated carbocycles. The third-order valence-electron chi connectivity index (χ3n) is 1.88. The van der Waals surface area contributed by atoms with Gasteiger partial charge in [-0.05, 0) is 13.0 Å². The fourth-order valence-electron chi connectivity index (χ4n) is 1.27. The summed E-state index contributed by atoms with van der Waals surface area (Å²) in [7, 11) is -3.34. The van der Waals surface area contributed by atoms with Crippen LogP contribution in [-0.4, -0.2) is 24.6 Å². The number of sulfone groups is 1. The lowest BCUT2D eigenvalue weighted by Gasteiger charge is -2.01. The molecule has 0 atom stereocenters. The Morgan fingerprint density at radius 1 is 1.40 bits per heavy atom. The van der Waals surface area contributed by atoms with Gasteiger partial charge in [0, 0.05) is 6.26 Å². The molecule has 0 aliphatic carbocycles. The Bertz CT molecular complexity index is 631. The van der Waals surface area contributed by atoms with Crippen molar-refractivity contribution in [1.29, 1.82) is 0 Å². The van der Waals surface area contributed by atoms with Gasteiger partial charge in [0.15, 0.2) is 9.84 Å². The molecule has 0 aliphatic heterocycles. The van der Waals surface area contributed by atoms with E-state index in [1.807, 2.05) is 6.92 Å². The molecule has 0 fully saturated rings. The molecule has 0 spiro atoms. The van der Waals surface area contributed by atoms with Crippen LogP contribution in [0.5, 0.6) is 0 Å². The quantitative estimate of drug-likeness (QED) is 0.807. The van der Waals surface area contributed by atoms with Gasteiger partial charge in [0.1, 0.15) is 21.1 Å². The minimum atomic E-state index is -3.34. The maximum atomic E-state index is 11.4. The van der Waals surface area contributed by atoms with Gasteiger partial charge in [-0.25, -0.2) is 18.4 Å². The van der Waals surface area contributed by atoms with Crippen LogP contribution in [0.4, 0.5) is 5.82 Å². The summed E-state index contributed by atoms with van der Waals surface area (Å²) in [4.78, 5) is 8.89. The molecule has 0 aliphatic rings. The molecule has 2 aromatic heterocycles. The number of aromatic nitrogens is 2. The molecule has 2 rings (SSSR count). The first kappa shape index (κ1) is 10.3. The van der Waals surface area contributed by atoms with E-state index in [9.17, 15) is 8.42 Å². The molecular formula is C8H9N3O2S2. The maximum Gasteiger partial charge on any atom is 0.179 e. The Labute approximate surface area is 90.9 Å². The van der Waals surface area contributed by atoms with Crippen LogP contribution in [0.25, 0.3) is 10.3 Å². The van der Waals surface area contributed by atoms with Crippen LogP contribution in [0.3, 0.4) is 0 Å². The Balaban J connectivity index is 2.83. The van der Waals surface area contributed by atoms with Gasteiger partial charge in [0.2, 0.25) is 0 Å². The predicted octanol–water partition coefficient (Wildman–Crippen LogP) is 0.985. The third kappa shape index (κ3) is 1.80. The predicted molar refractivity (Wildman–Crippen MR) is 59.7 cm³/mol. The molecule has 15 heavy (non-hydrogen) atoms. The molecular weight excluding hydrogens is 234 g/mol. The summed E-state index contributed by atoms with van der Waals surface area (Å²) in [6, 6.07) is 1.47.